The van der Waals surface area contributed by atoms with Crippen molar-refractivity contribution in [3.05, 3.63) is 64.1 Å². The number of hydrogen-bond acceptors (Lipinski definition) is 5. The Morgan fingerprint density at radius 1 is 1.29 bits per heavy atom. The molecule has 3 aliphatic rings. The standard InChI is InChI=1S/C24H27N3O3S/c1-17-3-5-18(6-4-17)15-22-24(29)26-20-16-19(7-8-21(20)31-22)23(28)25-9-2-10-27-11-13-30-14-12-27/h3-8,15-16,21H,2,9-14H2,1H3,(H,25,28)/b22-15+. The fourth-order valence-electron chi connectivity index (χ4n) is 3.62. The van der Waals surface area contributed by atoms with Crippen molar-refractivity contribution in [2.24, 2.45) is 4.99 Å². The number of morpholine rings is 1. The number of fused-ring (bicyclic) bond motifs is 1. The van der Waals surface area contributed by atoms with Crippen molar-refractivity contribution >= 4 is 35.4 Å². The van der Waals surface area contributed by atoms with Crippen molar-refractivity contribution in [3.8, 4) is 0 Å². The first kappa shape index (κ1) is 21.7. The number of thioether (sulfide) groups is 1. The number of carbonyl (C=O) groups excluding carboxylic acids is 2. The van der Waals surface area contributed by atoms with Crippen LogP contribution in [0.25, 0.3) is 6.08 Å². The molecule has 2 aliphatic heterocycles. The fraction of sp³-hybridized carbons (Fsp3) is 0.375. The molecule has 2 heterocycles. The highest BCUT2D eigenvalue weighted by molar-refractivity contribution is 8.05. The zero-order valence-electron chi connectivity index (χ0n) is 17.7. The van der Waals surface area contributed by atoms with Gasteiger partial charge < -0.3 is 10.1 Å². The summed E-state index contributed by atoms with van der Waals surface area (Å²) in [4.78, 5) is 32.2. The topological polar surface area (TPSA) is 71.0 Å². The molecule has 6 nitrogen and oxygen atoms in total. The average Bonchev–Trinajstić information content (AvgIpc) is 2.79. The molecule has 1 unspecified atom stereocenters. The first-order chi connectivity index (χ1) is 15.1. The molecule has 0 aromatic heterocycles. The van der Waals surface area contributed by atoms with Gasteiger partial charge in [-0.05, 0) is 37.6 Å². The largest absolute Gasteiger partial charge is 0.379 e. The van der Waals surface area contributed by atoms with Gasteiger partial charge in [-0.1, -0.05) is 42.0 Å². The molecule has 0 radical (unpaired) electrons. The molecule has 0 spiro atoms. The third kappa shape index (κ3) is 5.81. The number of nitrogens with one attached hydrogen (secondary N) is 1. The van der Waals surface area contributed by atoms with Gasteiger partial charge >= 0.3 is 0 Å². The number of nitrogens with zero attached hydrogens (tertiary/aromatic N) is 2. The molecule has 2 amide bonds. The van der Waals surface area contributed by atoms with Crippen molar-refractivity contribution in [3.63, 3.8) is 0 Å². The first-order valence-corrected chi connectivity index (χ1v) is 11.5. The van der Waals surface area contributed by atoms with Gasteiger partial charge in [0.25, 0.3) is 11.8 Å². The molecular weight excluding hydrogens is 410 g/mol. The highest BCUT2D eigenvalue weighted by Crippen LogP contribution is 2.33. The van der Waals surface area contributed by atoms with E-state index < -0.39 is 0 Å². The van der Waals surface area contributed by atoms with E-state index in [4.69, 9.17) is 4.74 Å². The molecular formula is C24H27N3O3S. The van der Waals surface area contributed by atoms with Gasteiger partial charge in [-0.3, -0.25) is 14.5 Å². The molecule has 1 fully saturated rings. The number of carbonyl (C=O) groups is 2. The summed E-state index contributed by atoms with van der Waals surface area (Å²) in [6.45, 7) is 7.08. The lowest BCUT2D eigenvalue weighted by atomic mass is 10.0. The number of rotatable bonds is 6. The summed E-state index contributed by atoms with van der Waals surface area (Å²) >= 11 is 1.48. The van der Waals surface area contributed by atoms with E-state index in [-0.39, 0.29) is 17.1 Å². The monoisotopic (exact) mass is 437 g/mol. The van der Waals surface area contributed by atoms with Crippen LogP contribution in [-0.4, -0.2) is 67.1 Å². The van der Waals surface area contributed by atoms with Crippen LogP contribution in [0.1, 0.15) is 17.5 Å². The van der Waals surface area contributed by atoms with Crippen LogP contribution in [0, 0.1) is 6.92 Å². The van der Waals surface area contributed by atoms with Crippen molar-refractivity contribution < 1.29 is 14.3 Å². The Morgan fingerprint density at radius 2 is 2.06 bits per heavy atom. The molecule has 1 aromatic carbocycles. The van der Waals surface area contributed by atoms with E-state index in [1.54, 1.807) is 6.08 Å². The van der Waals surface area contributed by atoms with Crippen LogP contribution in [0.3, 0.4) is 0 Å². The Kier molecular flexibility index (Phi) is 7.17. The first-order valence-electron chi connectivity index (χ1n) is 10.6. The van der Waals surface area contributed by atoms with Crippen LogP contribution in [0.2, 0.25) is 0 Å². The summed E-state index contributed by atoms with van der Waals surface area (Å²) in [6.07, 6.45) is 8.28. The quantitative estimate of drug-likeness (QED) is 0.547. The van der Waals surface area contributed by atoms with E-state index in [2.05, 4.69) is 15.2 Å². The van der Waals surface area contributed by atoms with Gasteiger partial charge in [0.15, 0.2) is 0 Å². The van der Waals surface area contributed by atoms with Gasteiger partial charge in [0.05, 0.1) is 29.1 Å². The minimum absolute atomic E-state index is 0.0488. The lowest BCUT2D eigenvalue weighted by Crippen LogP contribution is -2.38. The Hall–Kier alpha value is -2.48. The second-order valence-corrected chi connectivity index (χ2v) is 9.01. The van der Waals surface area contributed by atoms with Crippen LogP contribution in [-0.2, 0) is 14.3 Å². The summed E-state index contributed by atoms with van der Waals surface area (Å²) < 4.78 is 5.35. The van der Waals surface area contributed by atoms with Crippen molar-refractivity contribution in [1.29, 1.82) is 0 Å². The predicted molar refractivity (Wildman–Crippen MR) is 125 cm³/mol. The van der Waals surface area contributed by atoms with E-state index in [1.807, 2.05) is 49.4 Å². The molecule has 1 aliphatic carbocycles. The molecule has 1 aromatic rings. The average molecular weight is 438 g/mol. The van der Waals surface area contributed by atoms with Gasteiger partial charge in [0, 0.05) is 25.2 Å². The van der Waals surface area contributed by atoms with Crippen molar-refractivity contribution in [2.75, 3.05) is 39.4 Å². The van der Waals surface area contributed by atoms with E-state index in [1.165, 1.54) is 17.3 Å². The minimum Gasteiger partial charge on any atom is -0.379 e. The maximum atomic E-state index is 12.5. The Bertz CT molecular complexity index is 957. The van der Waals surface area contributed by atoms with E-state index in [0.29, 0.717) is 22.7 Å². The summed E-state index contributed by atoms with van der Waals surface area (Å²) in [5.74, 6) is -0.383. The number of allylic oxidation sites excluding steroid dienone is 1. The molecule has 1 saturated heterocycles. The summed E-state index contributed by atoms with van der Waals surface area (Å²) in [5, 5.41) is 2.92. The third-order valence-corrected chi connectivity index (χ3v) is 6.62. The predicted octanol–water partition coefficient (Wildman–Crippen LogP) is 2.75. The van der Waals surface area contributed by atoms with Crippen molar-refractivity contribution in [1.82, 2.24) is 10.2 Å². The molecule has 162 valence electrons. The number of amides is 2. The van der Waals surface area contributed by atoms with E-state index >= 15 is 0 Å². The Balaban J connectivity index is 1.33. The number of benzene rings is 1. The maximum absolute atomic E-state index is 12.5. The lowest BCUT2D eigenvalue weighted by molar-refractivity contribution is -0.117. The van der Waals surface area contributed by atoms with Crippen LogP contribution in [0.15, 0.2) is 58.0 Å². The molecule has 7 heteroatoms. The third-order valence-electron chi connectivity index (χ3n) is 5.42. The normalized spacial score (nSPS) is 22.7. The number of aryl methyl sites for hydroxylation is 1. The van der Waals surface area contributed by atoms with Crippen LogP contribution in [0.5, 0.6) is 0 Å². The van der Waals surface area contributed by atoms with Gasteiger partial charge in [0.2, 0.25) is 0 Å². The number of hydrogen-bond donors (Lipinski definition) is 1. The molecule has 4 rings (SSSR count). The summed E-state index contributed by atoms with van der Waals surface area (Å²) in [7, 11) is 0. The van der Waals surface area contributed by atoms with Crippen LogP contribution < -0.4 is 5.32 Å². The number of aliphatic imine (C=N–C) groups is 1. The fourth-order valence-corrected chi connectivity index (χ4v) is 4.64. The van der Waals surface area contributed by atoms with Gasteiger partial charge in [-0.15, -0.1) is 11.8 Å². The SMILES string of the molecule is Cc1ccc(/C=C2/SC3C=CC(C(=O)NCCCN4CCOCC4)=CC3=NC2=O)cc1. The van der Waals surface area contributed by atoms with Crippen LogP contribution >= 0.6 is 11.8 Å². The van der Waals surface area contributed by atoms with E-state index in [9.17, 15) is 9.59 Å². The minimum atomic E-state index is -0.256. The molecule has 1 atom stereocenters. The van der Waals surface area contributed by atoms with Gasteiger partial charge in [-0.25, -0.2) is 4.99 Å². The van der Waals surface area contributed by atoms with Gasteiger partial charge in [0.1, 0.15) is 0 Å². The smallest absolute Gasteiger partial charge is 0.283 e. The number of ether oxygens (including phenoxy) is 1. The zero-order valence-corrected chi connectivity index (χ0v) is 18.5. The molecule has 0 bridgehead atoms. The second-order valence-electron chi connectivity index (χ2n) is 7.82. The summed E-state index contributed by atoms with van der Waals surface area (Å²) in [6, 6.07) is 8.03. The highest BCUT2D eigenvalue weighted by atomic mass is 32.2. The van der Waals surface area contributed by atoms with Crippen molar-refractivity contribution in [2.45, 2.75) is 18.6 Å². The lowest BCUT2D eigenvalue weighted by Gasteiger charge is -2.26. The zero-order chi connectivity index (χ0) is 21.6. The summed E-state index contributed by atoms with van der Waals surface area (Å²) in [5.41, 5.74) is 3.34. The van der Waals surface area contributed by atoms with Gasteiger partial charge in [-0.2, -0.15) is 0 Å². The van der Waals surface area contributed by atoms with Crippen LogP contribution in [0.4, 0.5) is 0 Å². The molecule has 31 heavy (non-hydrogen) atoms. The highest BCUT2D eigenvalue weighted by Gasteiger charge is 2.28. The molecule has 0 saturated carbocycles. The Morgan fingerprint density at radius 3 is 2.84 bits per heavy atom. The maximum Gasteiger partial charge on any atom is 0.283 e. The van der Waals surface area contributed by atoms with E-state index in [0.717, 1.165) is 44.8 Å². The Labute approximate surface area is 187 Å². The molecule has 1 N–H and O–H groups in total. The second kappa shape index (κ2) is 10.2.